The molecule has 0 saturated heterocycles. The Morgan fingerprint density at radius 1 is 0.868 bits per heavy atom. The summed E-state index contributed by atoms with van der Waals surface area (Å²) in [5.41, 5.74) is 1.65. The van der Waals surface area contributed by atoms with Crippen molar-refractivity contribution in [2.24, 2.45) is 0 Å². The SMILES string of the molecule is CC(C)NC(=O)[C@@H](Cc1ccccc1)N(Cc1ccccc1Cl)C(=O)CN(c1ccccc1Cl)S(C)(=O)=O. The Morgan fingerprint density at radius 2 is 1.45 bits per heavy atom. The molecule has 1 N–H and O–H groups in total. The molecule has 38 heavy (non-hydrogen) atoms. The van der Waals surface area contributed by atoms with Crippen molar-refractivity contribution in [3.05, 3.63) is 100 Å². The molecule has 0 saturated carbocycles. The van der Waals surface area contributed by atoms with E-state index in [0.29, 0.717) is 10.6 Å². The number of hydrogen-bond acceptors (Lipinski definition) is 4. The molecule has 2 amide bonds. The first-order chi connectivity index (χ1) is 18.0. The fraction of sp³-hybridized carbons (Fsp3) is 0.286. The number of carbonyl (C=O) groups excluding carboxylic acids is 2. The lowest BCUT2D eigenvalue weighted by Gasteiger charge is -2.34. The van der Waals surface area contributed by atoms with Gasteiger partial charge in [0.2, 0.25) is 21.8 Å². The number of para-hydroxylation sites is 1. The van der Waals surface area contributed by atoms with Crippen molar-refractivity contribution in [3.8, 4) is 0 Å². The number of nitrogens with one attached hydrogen (secondary N) is 1. The van der Waals surface area contributed by atoms with Gasteiger partial charge in [-0.15, -0.1) is 0 Å². The van der Waals surface area contributed by atoms with Gasteiger partial charge in [-0.2, -0.15) is 0 Å². The Balaban J connectivity index is 2.08. The smallest absolute Gasteiger partial charge is 0.244 e. The second-order valence-electron chi connectivity index (χ2n) is 9.20. The van der Waals surface area contributed by atoms with Crippen LogP contribution < -0.4 is 9.62 Å². The number of nitrogens with zero attached hydrogens (tertiary/aromatic N) is 2. The molecule has 0 aliphatic heterocycles. The highest BCUT2D eigenvalue weighted by Gasteiger charge is 2.34. The molecule has 0 aromatic heterocycles. The standard InChI is InChI=1S/C28H31Cl2N3O4S/c1-20(2)31-28(35)26(17-21-11-5-4-6-12-21)32(18-22-13-7-8-14-23(22)29)27(34)19-33(38(3,36)37)25-16-10-9-15-24(25)30/h4-16,20,26H,17-19H2,1-3H3,(H,31,35)/t26-/m1/s1. The van der Waals surface area contributed by atoms with E-state index in [1.54, 1.807) is 42.5 Å². The third-order valence-electron chi connectivity index (χ3n) is 5.80. The van der Waals surface area contributed by atoms with Gasteiger partial charge >= 0.3 is 0 Å². The maximum atomic E-state index is 14.0. The Bertz CT molecular complexity index is 1370. The van der Waals surface area contributed by atoms with Gasteiger partial charge in [-0.05, 0) is 43.2 Å². The molecule has 10 heteroatoms. The number of halogens is 2. The number of amides is 2. The maximum Gasteiger partial charge on any atom is 0.244 e. The van der Waals surface area contributed by atoms with E-state index in [1.807, 2.05) is 44.2 Å². The quantitative estimate of drug-likeness (QED) is 0.351. The molecule has 0 spiro atoms. The van der Waals surface area contributed by atoms with Gasteiger partial charge in [-0.3, -0.25) is 13.9 Å². The van der Waals surface area contributed by atoms with Gasteiger partial charge in [0.25, 0.3) is 0 Å². The van der Waals surface area contributed by atoms with Gasteiger partial charge in [0.05, 0.1) is 17.0 Å². The van der Waals surface area contributed by atoms with Crippen LogP contribution in [0.3, 0.4) is 0 Å². The topological polar surface area (TPSA) is 86.8 Å². The van der Waals surface area contributed by atoms with Gasteiger partial charge in [-0.1, -0.05) is 83.9 Å². The Hall–Kier alpha value is -3.07. The van der Waals surface area contributed by atoms with E-state index in [0.717, 1.165) is 16.1 Å². The lowest BCUT2D eigenvalue weighted by atomic mass is 10.0. The zero-order valence-electron chi connectivity index (χ0n) is 21.5. The monoisotopic (exact) mass is 575 g/mol. The highest BCUT2D eigenvalue weighted by Crippen LogP contribution is 2.28. The minimum atomic E-state index is -3.90. The van der Waals surface area contributed by atoms with E-state index in [-0.39, 0.29) is 35.6 Å². The molecule has 0 aliphatic rings. The summed E-state index contributed by atoms with van der Waals surface area (Å²) in [7, 11) is -3.90. The molecule has 202 valence electrons. The van der Waals surface area contributed by atoms with Crippen molar-refractivity contribution in [3.63, 3.8) is 0 Å². The maximum absolute atomic E-state index is 14.0. The van der Waals surface area contributed by atoms with Crippen LogP contribution >= 0.6 is 23.2 Å². The lowest BCUT2D eigenvalue weighted by Crippen LogP contribution is -2.54. The zero-order valence-corrected chi connectivity index (χ0v) is 23.8. The van der Waals surface area contributed by atoms with Crippen LogP contribution in [0, 0.1) is 0 Å². The summed E-state index contributed by atoms with van der Waals surface area (Å²) in [6.45, 7) is 3.12. The van der Waals surface area contributed by atoms with Crippen LogP contribution in [-0.2, 0) is 32.6 Å². The summed E-state index contributed by atoms with van der Waals surface area (Å²) in [5, 5.41) is 3.52. The Kier molecular flexibility index (Phi) is 10.2. The highest BCUT2D eigenvalue weighted by atomic mass is 35.5. The zero-order chi connectivity index (χ0) is 27.9. The van der Waals surface area contributed by atoms with Gasteiger partial charge in [-0.25, -0.2) is 8.42 Å². The molecule has 0 bridgehead atoms. The predicted molar refractivity (Wildman–Crippen MR) is 153 cm³/mol. The van der Waals surface area contributed by atoms with E-state index in [4.69, 9.17) is 23.2 Å². The molecular weight excluding hydrogens is 545 g/mol. The molecule has 0 unspecified atom stereocenters. The molecule has 3 aromatic carbocycles. The molecular formula is C28H31Cl2N3O4S. The summed E-state index contributed by atoms with van der Waals surface area (Å²) < 4.78 is 26.5. The van der Waals surface area contributed by atoms with Crippen LogP contribution in [0.25, 0.3) is 0 Å². The molecule has 0 radical (unpaired) electrons. The number of carbonyl (C=O) groups is 2. The van der Waals surface area contributed by atoms with E-state index in [2.05, 4.69) is 5.32 Å². The summed E-state index contributed by atoms with van der Waals surface area (Å²) >= 11 is 12.7. The molecule has 0 aliphatic carbocycles. The van der Waals surface area contributed by atoms with Crippen LogP contribution in [0.4, 0.5) is 5.69 Å². The Labute approximate surface area is 234 Å². The van der Waals surface area contributed by atoms with Gasteiger partial charge in [0, 0.05) is 24.0 Å². The van der Waals surface area contributed by atoms with E-state index < -0.39 is 28.5 Å². The van der Waals surface area contributed by atoms with Crippen molar-refractivity contribution in [1.82, 2.24) is 10.2 Å². The number of rotatable bonds is 11. The lowest BCUT2D eigenvalue weighted by molar-refractivity contribution is -0.140. The largest absolute Gasteiger partial charge is 0.352 e. The second-order valence-corrected chi connectivity index (χ2v) is 11.9. The van der Waals surface area contributed by atoms with Crippen molar-refractivity contribution in [1.29, 1.82) is 0 Å². The summed E-state index contributed by atoms with van der Waals surface area (Å²) in [4.78, 5) is 28.9. The first kappa shape index (κ1) is 29.5. The van der Waals surface area contributed by atoms with Crippen LogP contribution in [0.15, 0.2) is 78.9 Å². The fourth-order valence-corrected chi connectivity index (χ4v) is 5.34. The van der Waals surface area contributed by atoms with Crippen molar-refractivity contribution < 1.29 is 18.0 Å². The third-order valence-corrected chi connectivity index (χ3v) is 7.62. The van der Waals surface area contributed by atoms with Gasteiger partial charge in [0.15, 0.2) is 0 Å². The number of benzene rings is 3. The summed E-state index contributed by atoms with van der Waals surface area (Å²) in [5.74, 6) is -0.928. The van der Waals surface area contributed by atoms with Gasteiger partial charge < -0.3 is 10.2 Å². The molecule has 3 rings (SSSR count). The first-order valence-corrected chi connectivity index (χ1v) is 14.7. The first-order valence-electron chi connectivity index (χ1n) is 12.1. The third kappa shape index (κ3) is 7.96. The minimum absolute atomic E-state index is 0.00163. The second kappa shape index (κ2) is 13.1. The predicted octanol–water partition coefficient (Wildman–Crippen LogP) is 4.92. The molecule has 3 aromatic rings. The van der Waals surface area contributed by atoms with E-state index in [9.17, 15) is 18.0 Å². The Morgan fingerprint density at radius 3 is 2.03 bits per heavy atom. The van der Waals surface area contributed by atoms with Crippen molar-refractivity contribution in [2.75, 3.05) is 17.1 Å². The minimum Gasteiger partial charge on any atom is -0.352 e. The number of hydrogen-bond donors (Lipinski definition) is 1. The molecule has 0 heterocycles. The average Bonchev–Trinajstić information content (AvgIpc) is 2.85. The van der Waals surface area contributed by atoms with Crippen LogP contribution in [0.2, 0.25) is 10.0 Å². The van der Waals surface area contributed by atoms with E-state index in [1.165, 1.54) is 11.0 Å². The van der Waals surface area contributed by atoms with Crippen molar-refractivity contribution in [2.45, 2.75) is 38.9 Å². The highest BCUT2D eigenvalue weighted by molar-refractivity contribution is 7.92. The molecule has 7 nitrogen and oxygen atoms in total. The molecule has 0 fully saturated rings. The van der Waals surface area contributed by atoms with Crippen LogP contribution in [0.1, 0.15) is 25.0 Å². The fourth-order valence-electron chi connectivity index (χ4n) is 3.99. The number of anilines is 1. The number of sulfonamides is 1. The summed E-state index contributed by atoms with van der Waals surface area (Å²) in [6, 6.07) is 21.6. The summed E-state index contributed by atoms with van der Waals surface area (Å²) in [6.07, 6.45) is 1.23. The van der Waals surface area contributed by atoms with Crippen LogP contribution in [0.5, 0.6) is 0 Å². The molecule has 1 atom stereocenters. The average molecular weight is 577 g/mol. The van der Waals surface area contributed by atoms with Crippen LogP contribution in [-0.4, -0.2) is 50.0 Å². The van der Waals surface area contributed by atoms with Crippen molar-refractivity contribution >= 4 is 50.7 Å². The van der Waals surface area contributed by atoms with E-state index >= 15 is 0 Å². The van der Waals surface area contributed by atoms with Gasteiger partial charge in [0.1, 0.15) is 12.6 Å². The normalized spacial score (nSPS) is 12.2.